The number of hydrogen-bond acceptors (Lipinski definition) is 7. The molecule has 1 aliphatic carbocycles. The third-order valence-electron chi connectivity index (χ3n) is 5.40. The number of hydrogen-bond donors (Lipinski definition) is 1. The number of ether oxygens (including phenoxy) is 1. The Labute approximate surface area is 190 Å². The maximum atomic E-state index is 12.6. The van der Waals surface area contributed by atoms with E-state index in [1.54, 1.807) is 0 Å². The molecule has 0 aliphatic heterocycles. The third kappa shape index (κ3) is 5.25. The molecule has 5 nitrogen and oxygen atoms in total. The van der Waals surface area contributed by atoms with E-state index in [1.165, 1.54) is 34.8 Å². The lowest BCUT2D eigenvalue weighted by Gasteiger charge is -2.34. The van der Waals surface area contributed by atoms with Gasteiger partial charge in [-0.25, -0.2) is 9.97 Å². The smallest absolute Gasteiger partial charge is 0.389 e. The van der Waals surface area contributed by atoms with Gasteiger partial charge in [-0.05, 0) is 37.5 Å². The van der Waals surface area contributed by atoms with Gasteiger partial charge in [0, 0.05) is 11.3 Å². The molecule has 1 N–H and O–H groups in total. The van der Waals surface area contributed by atoms with Crippen molar-refractivity contribution in [2.75, 3.05) is 0 Å². The van der Waals surface area contributed by atoms with Crippen molar-refractivity contribution in [3.8, 4) is 10.6 Å². The Balaban J connectivity index is 1.24. The summed E-state index contributed by atoms with van der Waals surface area (Å²) in [4.78, 5) is 22.3. The van der Waals surface area contributed by atoms with Crippen molar-refractivity contribution in [3.63, 3.8) is 0 Å². The Morgan fingerprint density at radius 3 is 2.53 bits per heavy atom. The number of aliphatic hydroxyl groups excluding tert-OH is 1. The number of aromatic nitrogens is 2. The summed E-state index contributed by atoms with van der Waals surface area (Å²) < 4.78 is 43.6. The predicted molar refractivity (Wildman–Crippen MR) is 115 cm³/mol. The highest BCUT2D eigenvalue weighted by molar-refractivity contribution is 7.16. The number of halogens is 3. The highest BCUT2D eigenvalue weighted by Crippen LogP contribution is 2.35. The lowest BCUT2D eigenvalue weighted by Crippen LogP contribution is -2.37. The summed E-state index contributed by atoms with van der Waals surface area (Å²) in [7, 11) is 0. The standard InChI is InChI=1S/C22H21F3N2O3S2/c1-12-21(32-20(9-28)26-12)17-11-31-19(27-17)8-18(29)14-6-16(7-14)30-10-13-2-4-15(5-3-13)22(23,24)25/h2-5,11,14,16,28H,6-10H2,1H3. The zero-order valence-corrected chi connectivity index (χ0v) is 18.8. The predicted octanol–water partition coefficient (Wildman–Crippen LogP) is 5.19. The summed E-state index contributed by atoms with van der Waals surface area (Å²) in [6.45, 7) is 1.99. The number of nitrogens with zero attached hydrogens (tertiary/aromatic N) is 2. The lowest BCUT2D eigenvalue weighted by atomic mass is 9.78. The van der Waals surface area contributed by atoms with Crippen LogP contribution in [-0.4, -0.2) is 27.0 Å². The largest absolute Gasteiger partial charge is 0.416 e. The molecule has 2 aromatic heterocycles. The summed E-state index contributed by atoms with van der Waals surface area (Å²) in [6, 6.07) is 4.93. The number of aryl methyl sites for hydroxylation is 1. The number of carbonyl (C=O) groups excluding carboxylic acids is 1. The van der Waals surface area contributed by atoms with Crippen LogP contribution in [-0.2, 0) is 35.3 Å². The van der Waals surface area contributed by atoms with Crippen molar-refractivity contribution >= 4 is 28.5 Å². The molecule has 32 heavy (non-hydrogen) atoms. The van der Waals surface area contributed by atoms with Gasteiger partial charge in [-0.15, -0.1) is 22.7 Å². The van der Waals surface area contributed by atoms with Crippen LogP contribution in [0.15, 0.2) is 29.6 Å². The van der Waals surface area contributed by atoms with Gasteiger partial charge in [-0.3, -0.25) is 4.79 Å². The van der Waals surface area contributed by atoms with E-state index >= 15 is 0 Å². The summed E-state index contributed by atoms with van der Waals surface area (Å²) >= 11 is 2.83. The number of benzene rings is 1. The zero-order valence-electron chi connectivity index (χ0n) is 17.2. The molecule has 0 unspecified atom stereocenters. The molecule has 1 aliphatic rings. The second kappa shape index (κ2) is 9.38. The van der Waals surface area contributed by atoms with Crippen LogP contribution in [0.2, 0.25) is 0 Å². The molecule has 1 saturated carbocycles. The first-order chi connectivity index (χ1) is 15.2. The number of ketones is 1. The number of carbonyl (C=O) groups is 1. The molecule has 0 atom stereocenters. The maximum Gasteiger partial charge on any atom is 0.416 e. The van der Waals surface area contributed by atoms with Crippen molar-refractivity contribution in [2.24, 2.45) is 5.92 Å². The van der Waals surface area contributed by atoms with Crippen LogP contribution in [0.4, 0.5) is 13.2 Å². The van der Waals surface area contributed by atoms with E-state index in [2.05, 4.69) is 9.97 Å². The van der Waals surface area contributed by atoms with Gasteiger partial charge in [-0.1, -0.05) is 12.1 Å². The number of thiazole rings is 2. The van der Waals surface area contributed by atoms with Crippen LogP contribution in [0.25, 0.3) is 10.6 Å². The minimum absolute atomic E-state index is 0.0603. The highest BCUT2D eigenvalue weighted by Gasteiger charge is 2.35. The normalized spacial score (nSPS) is 18.5. The summed E-state index contributed by atoms with van der Waals surface area (Å²) in [5.74, 6) is 0.0449. The fourth-order valence-corrected chi connectivity index (χ4v) is 5.27. The molecule has 3 aromatic rings. The third-order valence-corrected chi connectivity index (χ3v) is 7.42. The first kappa shape index (κ1) is 23.0. The summed E-state index contributed by atoms with van der Waals surface area (Å²) in [5, 5.41) is 12.5. The minimum Gasteiger partial charge on any atom is -0.389 e. The fourth-order valence-electron chi connectivity index (χ4n) is 3.52. The molecule has 2 heterocycles. The topological polar surface area (TPSA) is 72.3 Å². The minimum atomic E-state index is -4.35. The Bertz CT molecular complexity index is 1090. The zero-order chi connectivity index (χ0) is 22.9. The van der Waals surface area contributed by atoms with Gasteiger partial charge in [0.25, 0.3) is 0 Å². The highest BCUT2D eigenvalue weighted by atomic mass is 32.1. The average molecular weight is 483 g/mol. The van der Waals surface area contributed by atoms with Gasteiger partial charge in [0.1, 0.15) is 15.8 Å². The molecule has 0 spiro atoms. The van der Waals surface area contributed by atoms with Crippen LogP contribution in [0.3, 0.4) is 0 Å². The number of alkyl halides is 3. The van der Waals surface area contributed by atoms with Gasteiger partial charge in [-0.2, -0.15) is 13.2 Å². The van der Waals surface area contributed by atoms with Gasteiger partial charge in [0.2, 0.25) is 0 Å². The van der Waals surface area contributed by atoms with Crippen molar-refractivity contribution in [2.45, 2.75) is 51.7 Å². The van der Waals surface area contributed by atoms with Crippen LogP contribution in [0.5, 0.6) is 0 Å². The molecule has 1 fully saturated rings. The van der Waals surface area contributed by atoms with Gasteiger partial charge in [0.05, 0.1) is 47.6 Å². The van der Waals surface area contributed by atoms with E-state index in [1.807, 2.05) is 12.3 Å². The molecule has 170 valence electrons. The summed E-state index contributed by atoms with van der Waals surface area (Å²) in [6.07, 6.45) is -2.90. The first-order valence-corrected chi connectivity index (χ1v) is 11.7. The molecule has 0 bridgehead atoms. The van der Waals surface area contributed by atoms with Crippen LogP contribution in [0, 0.1) is 12.8 Å². The number of rotatable bonds is 8. The molecule has 0 amide bonds. The van der Waals surface area contributed by atoms with Crippen LogP contribution >= 0.6 is 22.7 Å². The molecule has 10 heteroatoms. The van der Waals surface area contributed by atoms with Crippen LogP contribution < -0.4 is 0 Å². The SMILES string of the molecule is Cc1nc(CO)sc1-c1csc(CC(=O)C2CC(OCc3ccc(C(F)(F)F)cc3)C2)n1. The van der Waals surface area contributed by atoms with Gasteiger partial charge >= 0.3 is 6.18 Å². The number of Topliss-reactive ketones (excluding diaryl/α,β-unsaturated/α-hetero) is 1. The van der Waals surface area contributed by atoms with Gasteiger partial charge < -0.3 is 9.84 Å². The van der Waals surface area contributed by atoms with E-state index in [0.29, 0.717) is 23.4 Å². The maximum absolute atomic E-state index is 12.6. The molecule has 4 rings (SSSR count). The monoisotopic (exact) mass is 482 g/mol. The molecule has 0 radical (unpaired) electrons. The van der Waals surface area contributed by atoms with Crippen molar-refractivity contribution in [3.05, 3.63) is 56.5 Å². The van der Waals surface area contributed by atoms with Crippen molar-refractivity contribution < 1.29 is 27.8 Å². The van der Waals surface area contributed by atoms with Crippen molar-refractivity contribution in [1.82, 2.24) is 9.97 Å². The van der Waals surface area contributed by atoms with Crippen LogP contribution in [0.1, 0.15) is 39.7 Å². The van der Waals surface area contributed by atoms with E-state index in [4.69, 9.17) is 4.74 Å². The number of aliphatic hydroxyl groups is 1. The molecule has 0 saturated heterocycles. The van der Waals surface area contributed by atoms with E-state index in [-0.39, 0.29) is 37.4 Å². The average Bonchev–Trinajstić information content (AvgIpc) is 3.32. The Morgan fingerprint density at radius 2 is 1.91 bits per heavy atom. The van der Waals surface area contributed by atoms with Crippen molar-refractivity contribution in [1.29, 1.82) is 0 Å². The Hall–Kier alpha value is -2.14. The fraction of sp³-hybridized carbons (Fsp3) is 0.409. The quantitative estimate of drug-likeness (QED) is 0.478. The Morgan fingerprint density at radius 1 is 1.19 bits per heavy atom. The second-order valence-electron chi connectivity index (χ2n) is 7.75. The van der Waals surface area contributed by atoms with E-state index < -0.39 is 11.7 Å². The molecule has 1 aromatic carbocycles. The lowest BCUT2D eigenvalue weighted by molar-refractivity contribution is -0.137. The molecular formula is C22H21F3N2O3S2. The Kier molecular flexibility index (Phi) is 6.75. The molecular weight excluding hydrogens is 461 g/mol. The second-order valence-corrected chi connectivity index (χ2v) is 9.77. The summed E-state index contributed by atoms with van der Waals surface area (Å²) in [5.41, 5.74) is 1.58. The van der Waals surface area contributed by atoms with Gasteiger partial charge in [0.15, 0.2) is 0 Å². The first-order valence-electron chi connectivity index (χ1n) is 10.1. The van der Waals surface area contributed by atoms with E-state index in [0.717, 1.165) is 33.4 Å². The van der Waals surface area contributed by atoms with E-state index in [9.17, 15) is 23.1 Å².